The summed E-state index contributed by atoms with van der Waals surface area (Å²) in [5, 5.41) is 7.37. The van der Waals surface area contributed by atoms with Gasteiger partial charge in [0.2, 0.25) is 5.91 Å². The third-order valence-corrected chi connectivity index (χ3v) is 5.32. The molecule has 0 fully saturated rings. The molecule has 0 unspecified atom stereocenters. The van der Waals surface area contributed by atoms with Crippen LogP contribution in [0.15, 0.2) is 78.0 Å². The number of aromatic nitrogens is 2. The standard InChI is InChI=1S/C24H21FN4O2S/c1-2-31-19-13-11-17(12-14-19)26-22(30)15-32-24-28-21-6-4-3-5-20(21)23(29-24)27-18-9-7-16(25)8-10-18/h3-14H,2,15H2,1H3,(H,26,30)(H,27,28,29). The molecule has 0 atom stereocenters. The van der Waals surface area contributed by atoms with Gasteiger partial charge in [-0.2, -0.15) is 0 Å². The summed E-state index contributed by atoms with van der Waals surface area (Å²) in [5.41, 5.74) is 2.15. The largest absolute Gasteiger partial charge is 0.494 e. The van der Waals surface area contributed by atoms with Gasteiger partial charge in [-0.25, -0.2) is 14.4 Å². The van der Waals surface area contributed by atoms with Crippen molar-refractivity contribution >= 4 is 45.8 Å². The Balaban J connectivity index is 1.46. The SMILES string of the molecule is CCOc1ccc(NC(=O)CSc2nc(Nc3ccc(F)cc3)c3ccccc3n2)cc1. The highest BCUT2D eigenvalue weighted by Gasteiger charge is 2.11. The van der Waals surface area contributed by atoms with E-state index in [0.29, 0.717) is 29.0 Å². The van der Waals surface area contributed by atoms with E-state index in [1.54, 1.807) is 24.3 Å². The maximum Gasteiger partial charge on any atom is 0.234 e. The Bertz CT molecular complexity index is 1220. The van der Waals surface area contributed by atoms with Crippen LogP contribution in [-0.2, 0) is 4.79 Å². The number of amides is 1. The van der Waals surface area contributed by atoms with Crippen molar-refractivity contribution in [1.82, 2.24) is 9.97 Å². The van der Waals surface area contributed by atoms with Gasteiger partial charge in [0.25, 0.3) is 0 Å². The number of halogens is 1. The van der Waals surface area contributed by atoms with Gasteiger partial charge in [-0.1, -0.05) is 23.9 Å². The lowest BCUT2D eigenvalue weighted by atomic mass is 10.2. The van der Waals surface area contributed by atoms with Gasteiger partial charge in [-0.15, -0.1) is 0 Å². The highest BCUT2D eigenvalue weighted by Crippen LogP contribution is 2.27. The van der Waals surface area contributed by atoms with E-state index in [1.165, 1.54) is 23.9 Å². The van der Waals surface area contributed by atoms with Crippen molar-refractivity contribution in [1.29, 1.82) is 0 Å². The predicted molar refractivity (Wildman–Crippen MR) is 126 cm³/mol. The molecule has 0 aliphatic rings. The van der Waals surface area contributed by atoms with E-state index >= 15 is 0 Å². The summed E-state index contributed by atoms with van der Waals surface area (Å²) in [5.74, 6) is 1.03. The zero-order valence-corrected chi connectivity index (χ0v) is 18.2. The number of fused-ring (bicyclic) bond motifs is 1. The molecular formula is C24H21FN4O2S. The molecule has 3 aromatic carbocycles. The molecule has 6 nitrogen and oxygen atoms in total. The number of para-hydroxylation sites is 1. The summed E-state index contributed by atoms with van der Waals surface area (Å²) in [4.78, 5) is 21.5. The predicted octanol–water partition coefficient (Wildman–Crippen LogP) is 5.64. The molecule has 0 spiro atoms. The minimum absolute atomic E-state index is 0.154. The number of thioether (sulfide) groups is 1. The van der Waals surface area contributed by atoms with Gasteiger partial charge in [0.05, 0.1) is 17.9 Å². The lowest BCUT2D eigenvalue weighted by molar-refractivity contribution is -0.113. The molecule has 162 valence electrons. The lowest BCUT2D eigenvalue weighted by Crippen LogP contribution is -2.14. The molecule has 0 saturated carbocycles. The van der Waals surface area contributed by atoms with Gasteiger partial charge in [0.15, 0.2) is 5.16 Å². The Morgan fingerprint density at radius 3 is 2.44 bits per heavy atom. The fraction of sp³-hybridized carbons (Fsp3) is 0.125. The molecule has 0 saturated heterocycles. The Morgan fingerprint density at radius 2 is 1.69 bits per heavy atom. The Kier molecular flexibility index (Phi) is 6.81. The van der Waals surface area contributed by atoms with Crippen molar-refractivity contribution in [3.05, 3.63) is 78.6 Å². The number of nitrogens with zero attached hydrogens (tertiary/aromatic N) is 2. The fourth-order valence-electron chi connectivity index (χ4n) is 3.01. The first kappa shape index (κ1) is 21.6. The number of hydrogen-bond donors (Lipinski definition) is 2. The van der Waals surface area contributed by atoms with Crippen LogP contribution >= 0.6 is 11.8 Å². The number of rotatable bonds is 8. The molecule has 0 bridgehead atoms. The summed E-state index contributed by atoms with van der Waals surface area (Å²) in [6.45, 7) is 2.51. The Hall–Kier alpha value is -3.65. The van der Waals surface area contributed by atoms with Gasteiger partial charge in [0.1, 0.15) is 17.4 Å². The average molecular weight is 449 g/mol. The maximum atomic E-state index is 13.2. The minimum Gasteiger partial charge on any atom is -0.494 e. The number of carbonyl (C=O) groups is 1. The smallest absolute Gasteiger partial charge is 0.234 e. The molecule has 0 aliphatic carbocycles. The molecule has 32 heavy (non-hydrogen) atoms. The van der Waals surface area contributed by atoms with E-state index in [1.807, 2.05) is 43.3 Å². The quantitative estimate of drug-likeness (QED) is 0.268. The number of benzene rings is 3. The fourth-order valence-corrected chi connectivity index (χ4v) is 3.66. The Morgan fingerprint density at radius 1 is 0.969 bits per heavy atom. The van der Waals surface area contributed by atoms with Crippen molar-refractivity contribution in [3.63, 3.8) is 0 Å². The highest BCUT2D eigenvalue weighted by molar-refractivity contribution is 7.99. The van der Waals surface area contributed by atoms with Crippen LogP contribution in [0.5, 0.6) is 5.75 Å². The van der Waals surface area contributed by atoms with E-state index in [2.05, 4.69) is 20.6 Å². The zero-order chi connectivity index (χ0) is 22.3. The monoisotopic (exact) mass is 448 g/mol. The molecule has 2 N–H and O–H groups in total. The first-order chi connectivity index (χ1) is 15.6. The van der Waals surface area contributed by atoms with Crippen LogP contribution in [0, 0.1) is 5.82 Å². The number of nitrogens with one attached hydrogen (secondary N) is 2. The third kappa shape index (κ3) is 5.53. The van der Waals surface area contributed by atoms with Gasteiger partial charge >= 0.3 is 0 Å². The normalized spacial score (nSPS) is 10.7. The zero-order valence-electron chi connectivity index (χ0n) is 17.3. The summed E-state index contributed by atoms with van der Waals surface area (Å²) in [6.07, 6.45) is 0. The summed E-state index contributed by atoms with van der Waals surface area (Å²) in [6, 6.07) is 20.9. The van der Waals surface area contributed by atoms with E-state index < -0.39 is 0 Å². The van der Waals surface area contributed by atoms with Crippen LogP contribution in [0.4, 0.5) is 21.6 Å². The van der Waals surface area contributed by atoms with E-state index in [-0.39, 0.29) is 17.5 Å². The first-order valence-corrected chi connectivity index (χ1v) is 11.0. The van der Waals surface area contributed by atoms with Crippen molar-refractivity contribution in [2.45, 2.75) is 12.1 Å². The highest BCUT2D eigenvalue weighted by atomic mass is 32.2. The van der Waals surface area contributed by atoms with Crippen LogP contribution < -0.4 is 15.4 Å². The minimum atomic E-state index is -0.308. The van der Waals surface area contributed by atoms with Crippen LogP contribution in [0.1, 0.15) is 6.92 Å². The van der Waals surface area contributed by atoms with Gasteiger partial charge in [-0.05, 0) is 67.6 Å². The molecule has 0 radical (unpaired) electrons. The van der Waals surface area contributed by atoms with Crippen LogP contribution in [0.2, 0.25) is 0 Å². The second-order valence-corrected chi connectivity index (χ2v) is 7.74. The van der Waals surface area contributed by atoms with Gasteiger partial charge < -0.3 is 15.4 Å². The van der Waals surface area contributed by atoms with Gasteiger partial charge in [0, 0.05) is 16.8 Å². The molecular weight excluding hydrogens is 427 g/mol. The van der Waals surface area contributed by atoms with Crippen molar-refractivity contribution in [2.75, 3.05) is 23.0 Å². The molecule has 0 aliphatic heterocycles. The molecule has 1 amide bonds. The summed E-state index contributed by atoms with van der Waals surface area (Å²) < 4.78 is 18.6. The molecule has 8 heteroatoms. The van der Waals surface area contributed by atoms with Crippen LogP contribution in [-0.4, -0.2) is 28.2 Å². The third-order valence-electron chi connectivity index (χ3n) is 4.47. The van der Waals surface area contributed by atoms with Crippen LogP contribution in [0.3, 0.4) is 0 Å². The van der Waals surface area contributed by atoms with Crippen LogP contribution in [0.25, 0.3) is 10.9 Å². The number of carbonyl (C=O) groups excluding carboxylic acids is 1. The maximum absolute atomic E-state index is 13.2. The molecule has 4 aromatic rings. The molecule has 4 rings (SSSR count). The Labute approximate surface area is 189 Å². The topological polar surface area (TPSA) is 76.1 Å². The van der Waals surface area contributed by atoms with E-state index in [4.69, 9.17) is 4.74 Å². The molecule has 1 heterocycles. The number of ether oxygens (including phenoxy) is 1. The first-order valence-electron chi connectivity index (χ1n) is 10.1. The second-order valence-electron chi connectivity index (χ2n) is 6.80. The van der Waals surface area contributed by atoms with Gasteiger partial charge in [-0.3, -0.25) is 4.79 Å². The van der Waals surface area contributed by atoms with Crippen molar-refractivity contribution in [2.24, 2.45) is 0 Å². The summed E-state index contributed by atoms with van der Waals surface area (Å²) >= 11 is 1.24. The number of hydrogen-bond acceptors (Lipinski definition) is 6. The average Bonchev–Trinajstić information content (AvgIpc) is 2.81. The summed E-state index contributed by atoms with van der Waals surface area (Å²) in [7, 11) is 0. The second kappa shape index (κ2) is 10.1. The van der Waals surface area contributed by atoms with E-state index in [0.717, 1.165) is 16.7 Å². The molecule has 1 aromatic heterocycles. The number of anilines is 3. The van der Waals surface area contributed by atoms with Crippen molar-refractivity contribution < 1.29 is 13.9 Å². The van der Waals surface area contributed by atoms with Crippen molar-refractivity contribution in [3.8, 4) is 5.75 Å². The lowest BCUT2D eigenvalue weighted by Gasteiger charge is -2.11. The van der Waals surface area contributed by atoms with E-state index in [9.17, 15) is 9.18 Å².